The third-order valence-electron chi connectivity index (χ3n) is 1.94. The molecule has 42 valence electrons. The van der Waals surface area contributed by atoms with E-state index in [0.717, 1.165) is 0 Å². The highest BCUT2D eigenvalue weighted by atomic mass is 16.7. The lowest BCUT2D eigenvalue weighted by atomic mass is 10.1. The van der Waals surface area contributed by atoms with Gasteiger partial charge < -0.3 is 9.47 Å². The average molecular weight is 110 g/mol. The minimum absolute atomic E-state index is 0.416. The molecule has 0 saturated carbocycles. The number of epoxide rings is 2. The molecule has 8 heavy (non-hydrogen) atoms. The van der Waals surface area contributed by atoms with E-state index < -0.39 is 0 Å². The smallest absolute Gasteiger partial charge is 0.117 e. The van der Waals surface area contributed by atoms with Crippen LogP contribution in [0.5, 0.6) is 0 Å². The molecule has 4 atom stereocenters. The van der Waals surface area contributed by atoms with E-state index in [1.807, 2.05) is 0 Å². The fourth-order valence-electron chi connectivity index (χ4n) is 1.33. The van der Waals surface area contributed by atoms with E-state index in [2.05, 4.69) is 12.2 Å². The van der Waals surface area contributed by atoms with E-state index in [-0.39, 0.29) is 0 Å². The molecule has 0 bridgehead atoms. The zero-order chi connectivity index (χ0) is 5.14. The van der Waals surface area contributed by atoms with Gasteiger partial charge in [0.05, 0.1) is 0 Å². The molecule has 0 spiro atoms. The van der Waals surface area contributed by atoms with Crippen molar-refractivity contribution in [2.45, 2.75) is 24.4 Å². The Morgan fingerprint density at radius 3 is 1.88 bits per heavy atom. The van der Waals surface area contributed by atoms with Crippen molar-refractivity contribution in [3.63, 3.8) is 0 Å². The minimum Gasteiger partial charge on any atom is -0.362 e. The van der Waals surface area contributed by atoms with Gasteiger partial charge in [0.15, 0.2) is 0 Å². The van der Waals surface area contributed by atoms with E-state index in [4.69, 9.17) is 9.47 Å². The van der Waals surface area contributed by atoms with Crippen LogP contribution in [0, 0.1) is 0 Å². The lowest BCUT2D eigenvalue weighted by Crippen LogP contribution is -2.06. The molecule has 3 rings (SSSR count). The summed E-state index contributed by atoms with van der Waals surface area (Å²) >= 11 is 0. The van der Waals surface area contributed by atoms with Crippen LogP contribution < -0.4 is 0 Å². The van der Waals surface area contributed by atoms with E-state index in [0.29, 0.717) is 24.4 Å². The largest absolute Gasteiger partial charge is 0.362 e. The second-order valence-corrected chi connectivity index (χ2v) is 2.52. The van der Waals surface area contributed by atoms with Crippen molar-refractivity contribution >= 4 is 0 Å². The van der Waals surface area contributed by atoms with Crippen molar-refractivity contribution in [3.8, 4) is 0 Å². The van der Waals surface area contributed by atoms with Gasteiger partial charge >= 0.3 is 0 Å². The number of rotatable bonds is 0. The van der Waals surface area contributed by atoms with E-state index in [9.17, 15) is 0 Å². The van der Waals surface area contributed by atoms with Crippen molar-refractivity contribution in [1.29, 1.82) is 0 Å². The molecular weight excluding hydrogens is 104 g/mol. The quantitative estimate of drug-likeness (QED) is 0.326. The van der Waals surface area contributed by atoms with E-state index in [1.54, 1.807) is 0 Å². The fraction of sp³-hybridized carbons (Fsp3) is 0.667. The van der Waals surface area contributed by atoms with Gasteiger partial charge in [-0.2, -0.15) is 0 Å². The predicted octanol–water partition coefficient (Wildman–Crippen LogP) is 0.0910. The molecule has 0 aromatic rings. The summed E-state index contributed by atoms with van der Waals surface area (Å²) in [6.07, 6.45) is 5.89. The van der Waals surface area contributed by atoms with Crippen molar-refractivity contribution in [2.24, 2.45) is 0 Å². The van der Waals surface area contributed by atoms with Gasteiger partial charge in [0.1, 0.15) is 24.4 Å². The van der Waals surface area contributed by atoms with Crippen LogP contribution in [-0.4, -0.2) is 24.4 Å². The summed E-state index contributed by atoms with van der Waals surface area (Å²) < 4.78 is 10.4. The topological polar surface area (TPSA) is 25.1 Å². The van der Waals surface area contributed by atoms with Gasteiger partial charge in [-0.1, -0.05) is 12.2 Å². The van der Waals surface area contributed by atoms with Crippen molar-refractivity contribution in [3.05, 3.63) is 12.2 Å². The van der Waals surface area contributed by atoms with Crippen LogP contribution in [-0.2, 0) is 9.47 Å². The van der Waals surface area contributed by atoms with Crippen LogP contribution >= 0.6 is 0 Å². The summed E-state index contributed by atoms with van der Waals surface area (Å²) in [5.41, 5.74) is 0. The maximum Gasteiger partial charge on any atom is 0.117 e. The molecular formula is C6H6O2. The van der Waals surface area contributed by atoms with Gasteiger partial charge in [0, 0.05) is 0 Å². The first-order valence-corrected chi connectivity index (χ1v) is 2.94. The zero-order valence-electron chi connectivity index (χ0n) is 4.28. The Labute approximate surface area is 47.1 Å². The molecule has 4 unspecified atom stereocenters. The molecule has 0 aromatic carbocycles. The van der Waals surface area contributed by atoms with E-state index >= 15 is 0 Å². The number of hydrogen-bond donors (Lipinski definition) is 0. The van der Waals surface area contributed by atoms with Crippen LogP contribution in [0.3, 0.4) is 0 Å². The molecule has 2 fully saturated rings. The van der Waals surface area contributed by atoms with Crippen LogP contribution in [0.1, 0.15) is 0 Å². The van der Waals surface area contributed by atoms with Crippen molar-refractivity contribution in [1.82, 2.24) is 0 Å². The highest BCUT2D eigenvalue weighted by Gasteiger charge is 2.58. The first-order valence-electron chi connectivity index (χ1n) is 2.94. The zero-order valence-corrected chi connectivity index (χ0v) is 4.28. The minimum atomic E-state index is 0.416. The summed E-state index contributed by atoms with van der Waals surface area (Å²) in [5, 5.41) is 0. The van der Waals surface area contributed by atoms with Gasteiger partial charge in [-0.3, -0.25) is 0 Å². The molecule has 0 radical (unpaired) electrons. The second kappa shape index (κ2) is 0.870. The Kier molecular flexibility index (Phi) is 0.396. The maximum atomic E-state index is 5.22. The van der Waals surface area contributed by atoms with Crippen LogP contribution in [0.25, 0.3) is 0 Å². The lowest BCUT2D eigenvalue weighted by molar-refractivity contribution is 0.314. The third-order valence-corrected chi connectivity index (χ3v) is 1.94. The number of fused-ring (bicyclic) bond motifs is 3. The Bertz CT molecular complexity index is 146. The Morgan fingerprint density at radius 2 is 1.38 bits per heavy atom. The van der Waals surface area contributed by atoms with Gasteiger partial charge in [-0.25, -0.2) is 0 Å². The third kappa shape index (κ3) is 0.288. The van der Waals surface area contributed by atoms with Crippen LogP contribution in [0.4, 0.5) is 0 Å². The fourth-order valence-corrected chi connectivity index (χ4v) is 1.33. The van der Waals surface area contributed by atoms with E-state index in [1.165, 1.54) is 0 Å². The SMILES string of the molecule is C1=CC2OC2C2OC12. The van der Waals surface area contributed by atoms with Gasteiger partial charge in [0.2, 0.25) is 0 Å². The number of ether oxygens (including phenoxy) is 2. The summed E-state index contributed by atoms with van der Waals surface area (Å²) in [6, 6.07) is 0. The van der Waals surface area contributed by atoms with Gasteiger partial charge in [-0.15, -0.1) is 0 Å². The molecule has 2 heteroatoms. The summed E-state index contributed by atoms with van der Waals surface area (Å²) in [6.45, 7) is 0. The van der Waals surface area contributed by atoms with Gasteiger partial charge in [0.25, 0.3) is 0 Å². The molecule has 0 aromatic heterocycles. The Hall–Kier alpha value is -0.340. The predicted molar refractivity (Wildman–Crippen MR) is 26.5 cm³/mol. The first kappa shape index (κ1) is 3.64. The summed E-state index contributed by atoms with van der Waals surface area (Å²) in [5.74, 6) is 0. The molecule has 2 saturated heterocycles. The number of hydrogen-bond acceptors (Lipinski definition) is 2. The lowest BCUT2D eigenvalue weighted by Gasteiger charge is -1.85. The molecule has 0 amide bonds. The molecule has 2 nitrogen and oxygen atoms in total. The highest BCUT2D eigenvalue weighted by Crippen LogP contribution is 2.43. The maximum absolute atomic E-state index is 5.22. The standard InChI is InChI=1S/C6H6O2/c1-2-4-6(8-4)5-3(1)7-5/h1-6H. The average Bonchev–Trinajstić information content (AvgIpc) is 2.59. The Balaban J connectivity index is 2.03. The van der Waals surface area contributed by atoms with Crippen molar-refractivity contribution < 1.29 is 9.47 Å². The normalized spacial score (nSPS) is 64.0. The van der Waals surface area contributed by atoms with Crippen molar-refractivity contribution in [2.75, 3.05) is 0 Å². The molecule has 3 aliphatic rings. The molecule has 1 aliphatic carbocycles. The molecule has 2 heterocycles. The highest BCUT2D eigenvalue weighted by molar-refractivity contribution is 5.22. The van der Waals surface area contributed by atoms with Gasteiger partial charge in [-0.05, 0) is 0 Å². The second-order valence-electron chi connectivity index (χ2n) is 2.52. The molecule has 2 aliphatic heterocycles. The monoisotopic (exact) mass is 110 g/mol. The van der Waals surface area contributed by atoms with Crippen LogP contribution in [0.2, 0.25) is 0 Å². The van der Waals surface area contributed by atoms with Crippen LogP contribution in [0.15, 0.2) is 12.2 Å². The molecule has 0 N–H and O–H groups in total. The summed E-state index contributed by atoms with van der Waals surface area (Å²) in [4.78, 5) is 0. The Morgan fingerprint density at radius 1 is 0.875 bits per heavy atom. The summed E-state index contributed by atoms with van der Waals surface area (Å²) in [7, 11) is 0. The first-order chi connectivity index (χ1) is 3.95.